The van der Waals surface area contributed by atoms with Crippen molar-refractivity contribution in [2.75, 3.05) is 13.1 Å². The van der Waals surface area contributed by atoms with Crippen LogP contribution < -0.4 is 0 Å². The molecule has 1 fully saturated rings. The van der Waals surface area contributed by atoms with Crippen LogP contribution in [-0.4, -0.2) is 23.9 Å². The maximum Gasteiger partial charge on any atom is 0.225 e. The Morgan fingerprint density at radius 2 is 1.76 bits per heavy atom. The normalized spacial score (nSPS) is 25.7. The molecular weight excluding hydrogens is 210 g/mol. The molecule has 0 radical (unpaired) electrons. The smallest absolute Gasteiger partial charge is 0.225 e. The lowest BCUT2D eigenvalue weighted by Crippen LogP contribution is -2.39. The second-order valence-corrected chi connectivity index (χ2v) is 6.44. The van der Waals surface area contributed by atoms with Crippen molar-refractivity contribution in [3.05, 3.63) is 0 Å². The average Bonchev–Trinajstić information content (AvgIpc) is 2.29. The average molecular weight is 239 g/mol. The molecular formula is C15H29NO. The van der Waals surface area contributed by atoms with Crippen molar-refractivity contribution in [1.82, 2.24) is 4.90 Å². The van der Waals surface area contributed by atoms with Gasteiger partial charge in [-0.25, -0.2) is 0 Å². The molecule has 2 heteroatoms. The van der Waals surface area contributed by atoms with E-state index in [4.69, 9.17) is 0 Å². The molecule has 1 aliphatic carbocycles. The Morgan fingerprint density at radius 3 is 2.24 bits per heavy atom. The van der Waals surface area contributed by atoms with Crippen molar-refractivity contribution in [1.29, 1.82) is 0 Å². The van der Waals surface area contributed by atoms with E-state index in [1.54, 1.807) is 0 Å². The van der Waals surface area contributed by atoms with Crippen molar-refractivity contribution in [2.45, 2.75) is 60.3 Å². The zero-order valence-electron chi connectivity index (χ0n) is 12.3. The first-order valence-corrected chi connectivity index (χ1v) is 7.18. The zero-order valence-corrected chi connectivity index (χ0v) is 12.3. The number of nitrogens with zero attached hydrogens (tertiary/aromatic N) is 1. The molecule has 0 aromatic carbocycles. The van der Waals surface area contributed by atoms with Crippen LogP contribution in [0.5, 0.6) is 0 Å². The number of hydrogen-bond donors (Lipinski definition) is 0. The third kappa shape index (κ3) is 3.72. The Kier molecular flexibility index (Phi) is 5.03. The summed E-state index contributed by atoms with van der Waals surface area (Å²) in [6.45, 7) is 12.8. The Balaban J connectivity index is 2.63. The molecule has 0 bridgehead atoms. The van der Waals surface area contributed by atoms with Gasteiger partial charge in [-0.1, -0.05) is 27.2 Å². The molecule has 1 saturated carbocycles. The summed E-state index contributed by atoms with van der Waals surface area (Å²) in [4.78, 5) is 14.4. The van der Waals surface area contributed by atoms with Gasteiger partial charge in [0, 0.05) is 19.0 Å². The van der Waals surface area contributed by atoms with Crippen LogP contribution in [0.25, 0.3) is 0 Å². The van der Waals surface area contributed by atoms with Crippen molar-refractivity contribution in [3.8, 4) is 0 Å². The minimum Gasteiger partial charge on any atom is -0.343 e. The summed E-state index contributed by atoms with van der Waals surface area (Å²) in [5, 5.41) is 0. The fourth-order valence-corrected chi connectivity index (χ4v) is 2.99. The maximum atomic E-state index is 12.4. The van der Waals surface area contributed by atoms with E-state index >= 15 is 0 Å². The highest BCUT2D eigenvalue weighted by Crippen LogP contribution is 2.40. The highest BCUT2D eigenvalue weighted by molar-refractivity contribution is 5.78. The first-order chi connectivity index (χ1) is 7.90. The standard InChI is InChI=1S/C15H29NO/c1-6-16(7-2)14(17)12-9-8-10-13(11-12)15(3,4)5/h12-13H,6-11H2,1-5H3. The van der Waals surface area contributed by atoms with Gasteiger partial charge >= 0.3 is 0 Å². The molecule has 17 heavy (non-hydrogen) atoms. The second kappa shape index (κ2) is 5.88. The molecule has 0 aromatic heterocycles. The van der Waals surface area contributed by atoms with Crippen molar-refractivity contribution < 1.29 is 4.79 Å². The fourth-order valence-electron chi connectivity index (χ4n) is 2.99. The predicted molar refractivity (Wildman–Crippen MR) is 72.8 cm³/mol. The van der Waals surface area contributed by atoms with Crippen molar-refractivity contribution >= 4 is 5.91 Å². The van der Waals surface area contributed by atoms with Gasteiger partial charge in [0.2, 0.25) is 5.91 Å². The van der Waals surface area contributed by atoms with E-state index in [1.807, 2.05) is 4.90 Å². The largest absolute Gasteiger partial charge is 0.343 e. The third-order valence-corrected chi connectivity index (χ3v) is 4.32. The van der Waals surface area contributed by atoms with E-state index in [9.17, 15) is 4.79 Å². The maximum absolute atomic E-state index is 12.4. The molecule has 0 N–H and O–H groups in total. The van der Waals surface area contributed by atoms with Gasteiger partial charge in [-0.05, 0) is 44.4 Å². The Labute approximate surface area is 107 Å². The highest BCUT2D eigenvalue weighted by Gasteiger charge is 2.34. The van der Waals surface area contributed by atoms with E-state index in [-0.39, 0.29) is 5.92 Å². The summed E-state index contributed by atoms with van der Waals surface area (Å²) in [6, 6.07) is 0. The Hall–Kier alpha value is -0.530. The highest BCUT2D eigenvalue weighted by atomic mass is 16.2. The van der Waals surface area contributed by atoms with Gasteiger partial charge in [0.25, 0.3) is 0 Å². The van der Waals surface area contributed by atoms with Crippen molar-refractivity contribution in [2.24, 2.45) is 17.3 Å². The molecule has 2 nitrogen and oxygen atoms in total. The summed E-state index contributed by atoms with van der Waals surface area (Å²) in [5.41, 5.74) is 0.349. The van der Waals surface area contributed by atoms with Gasteiger partial charge in [-0.2, -0.15) is 0 Å². The van der Waals surface area contributed by atoms with E-state index in [2.05, 4.69) is 34.6 Å². The second-order valence-electron chi connectivity index (χ2n) is 6.44. The molecule has 1 amide bonds. The minimum absolute atomic E-state index is 0.285. The molecule has 100 valence electrons. The molecule has 2 atom stereocenters. The molecule has 1 rings (SSSR count). The first kappa shape index (κ1) is 14.5. The topological polar surface area (TPSA) is 20.3 Å². The molecule has 1 aliphatic rings. The number of carbonyl (C=O) groups excluding carboxylic acids is 1. The van der Waals surface area contributed by atoms with Crippen LogP contribution in [0.3, 0.4) is 0 Å². The van der Waals surface area contributed by atoms with Crippen LogP contribution in [0, 0.1) is 17.3 Å². The van der Waals surface area contributed by atoms with Gasteiger partial charge in [0.05, 0.1) is 0 Å². The third-order valence-electron chi connectivity index (χ3n) is 4.32. The Morgan fingerprint density at radius 1 is 1.18 bits per heavy atom. The predicted octanol–water partition coefficient (Wildman–Crippen LogP) is 3.71. The van der Waals surface area contributed by atoms with Gasteiger partial charge in [-0.15, -0.1) is 0 Å². The Bertz CT molecular complexity index is 250. The summed E-state index contributed by atoms with van der Waals surface area (Å²) in [5.74, 6) is 1.39. The van der Waals surface area contributed by atoms with Crippen LogP contribution in [0.15, 0.2) is 0 Å². The number of rotatable bonds is 3. The molecule has 0 aromatic rings. The summed E-state index contributed by atoms with van der Waals surface area (Å²) < 4.78 is 0. The van der Waals surface area contributed by atoms with Crippen LogP contribution in [0.2, 0.25) is 0 Å². The lowest BCUT2D eigenvalue weighted by Gasteiger charge is -2.38. The minimum atomic E-state index is 0.285. The summed E-state index contributed by atoms with van der Waals surface area (Å²) in [6.07, 6.45) is 4.71. The van der Waals surface area contributed by atoms with E-state index in [0.29, 0.717) is 17.2 Å². The van der Waals surface area contributed by atoms with E-state index < -0.39 is 0 Å². The van der Waals surface area contributed by atoms with Gasteiger partial charge in [0.15, 0.2) is 0 Å². The lowest BCUT2D eigenvalue weighted by molar-refractivity contribution is -0.137. The van der Waals surface area contributed by atoms with E-state index in [0.717, 1.165) is 25.9 Å². The summed E-state index contributed by atoms with van der Waals surface area (Å²) >= 11 is 0. The van der Waals surface area contributed by atoms with E-state index in [1.165, 1.54) is 12.8 Å². The van der Waals surface area contributed by atoms with Crippen LogP contribution in [0.1, 0.15) is 60.3 Å². The lowest BCUT2D eigenvalue weighted by atomic mass is 9.69. The zero-order chi connectivity index (χ0) is 13.1. The fraction of sp³-hybridized carbons (Fsp3) is 0.933. The van der Waals surface area contributed by atoms with Gasteiger partial charge < -0.3 is 4.90 Å². The van der Waals surface area contributed by atoms with Gasteiger partial charge in [-0.3, -0.25) is 4.79 Å². The summed E-state index contributed by atoms with van der Waals surface area (Å²) in [7, 11) is 0. The molecule has 2 unspecified atom stereocenters. The van der Waals surface area contributed by atoms with Crippen LogP contribution in [-0.2, 0) is 4.79 Å². The van der Waals surface area contributed by atoms with Crippen LogP contribution in [0.4, 0.5) is 0 Å². The number of carbonyl (C=O) groups is 1. The molecule has 0 spiro atoms. The quantitative estimate of drug-likeness (QED) is 0.735. The van der Waals surface area contributed by atoms with Crippen LogP contribution >= 0.6 is 0 Å². The molecule has 0 aliphatic heterocycles. The first-order valence-electron chi connectivity index (χ1n) is 7.18. The van der Waals surface area contributed by atoms with Gasteiger partial charge in [0.1, 0.15) is 0 Å². The molecule has 0 saturated heterocycles. The monoisotopic (exact) mass is 239 g/mol. The number of hydrogen-bond acceptors (Lipinski definition) is 1. The van der Waals surface area contributed by atoms with Crippen molar-refractivity contribution in [3.63, 3.8) is 0 Å². The SMILES string of the molecule is CCN(CC)C(=O)C1CCCC(C(C)(C)C)C1. The molecule has 0 heterocycles. The number of amides is 1.